The van der Waals surface area contributed by atoms with Crippen LogP contribution < -0.4 is 16.4 Å². The lowest BCUT2D eigenvalue weighted by Gasteiger charge is -2.16. The summed E-state index contributed by atoms with van der Waals surface area (Å²) < 4.78 is 2.04. The zero-order valence-corrected chi connectivity index (χ0v) is 18.0. The predicted octanol–water partition coefficient (Wildman–Crippen LogP) is 0.629. The summed E-state index contributed by atoms with van der Waals surface area (Å²) >= 11 is 0. The Kier molecular flexibility index (Phi) is 4.90. The van der Waals surface area contributed by atoms with Gasteiger partial charge in [0.2, 0.25) is 0 Å². The van der Waals surface area contributed by atoms with Gasteiger partial charge in [-0.2, -0.15) is 5.10 Å². The molecule has 2 atom stereocenters. The van der Waals surface area contributed by atoms with Gasteiger partial charge in [-0.1, -0.05) is 13.8 Å². The minimum absolute atomic E-state index is 0.0353. The highest BCUT2D eigenvalue weighted by Crippen LogP contribution is 2.36. The molecule has 2 aliphatic rings. The normalized spacial score (nSPS) is 21.5. The number of pyridine rings is 1. The monoisotopic (exact) mass is 434 g/mol. The number of anilines is 1. The second-order valence-corrected chi connectivity index (χ2v) is 9.23. The molecule has 2 aliphatic heterocycles. The van der Waals surface area contributed by atoms with Crippen LogP contribution in [-0.2, 0) is 13.0 Å². The number of aliphatic hydroxyl groups excluding tert-OH is 1. The van der Waals surface area contributed by atoms with E-state index in [0.29, 0.717) is 18.8 Å². The van der Waals surface area contributed by atoms with Crippen molar-refractivity contribution in [1.29, 1.82) is 0 Å². The Hall–Kier alpha value is -3.37. The fraction of sp³-hybridized carbons (Fsp3) is 0.409. The van der Waals surface area contributed by atoms with E-state index >= 15 is 0 Å². The minimum Gasteiger partial charge on any atom is -0.390 e. The number of nitrogens with two attached hydrogens (primary N) is 1. The number of hydrogen-bond acceptors (Lipinski definition) is 8. The number of rotatable bonds is 4. The Balaban J connectivity index is 1.44. The van der Waals surface area contributed by atoms with Crippen LogP contribution in [0.15, 0.2) is 30.7 Å². The van der Waals surface area contributed by atoms with Crippen molar-refractivity contribution in [3.05, 3.63) is 42.1 Å². The summed E-state index contributed by atoms with van der Waals surface area (Å²) in [5.41, 5.74) is 10.4. The molecule has 32 heavy (non-hydrogen) atoms. The first-order valence-electron chi connectivity index (χ1n) is 10.6. The van der Waals surface area contributed by atoms with Crippen LogP contribution in [0, 0.1) is 5.41 Å². The number of carbonyl (C=O) groups is 1. The van der Waals surface area contributed by atoms with Crippen molar-refractivity contribution in [2.75, 3.05) is 18.8 Å². The van der Waals surface area contributed by atoms with Gasteiger partial charge in [0.1, 0.15) is 0 Å². The molecule has 1 saturated heterocycles. The summed E-state index contributed by atoms with van der Waals surface area (Å²) in [6.45, 7) is 6.26. The molecule has 3 aromatic rings. The van der Waals surface area contributed by atoms with Gasteiger partial charge in [0.15, 0.2) is 11.5 Å². The summed E-state index contributed by atoms with van der Waals surface area (Å²) in [4.78, 5) is 25.9. The van der Waals surface area contributed by atoms with Crippen molar-refractivity contribution < 1.29 is 9.90 Å². The van der Waals surface area contributed by atoms with E-state index in [1.165, 1.54) is 5.69 Å². The Bertz CT molecular complexity index is 1190. The average Bonchev–Trinajstić information content (AvgIpc) is 3.42. The maximum absolute atomic E-state index is 12.7. The molecule has 10 heteroatoms. The van der Waals surface area contributed by atoms with Crippen LogP contribution in [0.1, 0.15) is 30.0 Å². The van der Waals surface area contributed by atoms with Gasteiger partial charge in [-0.05, 0) is 24.0 Å². The molecule has 1 fully saturated rings. The molecule has 5 N–H and O–H groups in total. The molecule has 1 amide bonds. The number of nitrogens with one attached hydrogen (secondary N) is 2. The second kappa shape index (κ2) is 7.64. The average molecular weight is 435 g/mol. The Morgan fingerprint density at radius 1 is 1.28 bits per heavy atom. The Morgan fingerprint density at radius 2 is 2.12 bits per heavy atom. The number of fused-ring (bicyclic) bond motifs is 1. The van der Waals surface area contributed by atoms with Gasteiger partial charge in [0.05, 0.1) is 35.9 Å². The summed E-state index contributed by atoms with van der Waals surface area (Å²) in [5.74, 6) is -0.423. The summed E-state index contributed by atoms with van der Waals surface area (Å²) in [7, 11) is 0. The standard InChI is InChI=1S/C22H26N8O2/c1-22(2)6-17-13(7-27-30(17)11-22)14-5-12(3-4-25-14)15-9-26-20(23)19(28-15)21(32)29-16-8-24-10-18(16)31/h3-5,7,9,16,18,24,31H,6,8,10-11H2,1-2H3,(H2,23,26)(H,29,32). The maximum Gasteiger partial charge on any atom is 0.274 e. The summed E-state index contributed by atoms with van der Waals surface area (Å²) in [5, 5.41) is 20.3. The van der Waals surface area contributed by atoms with Crippen molar-refractivity contribution >= 4 is 11.7 Å². The van der Waals surface area contributed by atoms with Gasteiger partial charge >= 0.3 is 0 Å². The van der Waals surface area contributed by atoms with Crippen molar-refractivity contribution in [2.24, 2.45) is 5.41 Å². The number of carbonyl (C=O) groups excluding carboxylic acids is 1. The first kappa shape index (κ1) is 20.5. The number of nitrogens with zero attached hydrogens (tertiary/aromatic N) is 5. The molecule has 0 saturated carbocycles. The van der Waals surface area contributed by atoms with Gasteiger partial charge in [0.25, 0.3) is 5.91 Å². The topological polar surface area (TPSA) is 144 Å². The summed E-state index contributed by atoms with van der Waals surface area (Å²) in [6.07, 6.45) is 5.39. The third-order valence-electron chi connectivity index (χ3n) is 6.02. The number of hydrogen-bond donors (Lipinski definition) is 4. The molecule has 5 rings (SSSR count). The van der Waals surface area contributed by atoms with Crippen LogP contribution in [0.2, 0.25) is 0 Å². The molecule has 10 nitrogen and oxygen atoms in total. The van der Waals surface area contributed by atoms with Crippen LogP contribution in [0.25, 0.3) is 22.5 Å². The van der Waals surface area contributed by atoms with Gasteiger partial charge < -0.3 is 21.5 Å². The third kappa shape index (κ3) is 3.71. The highest BCUT2D eigenvalue weighted by atomic mass is 16.3. The fourth-order valence-corrected chi connectivity index (χ4v) is 4.35. The van der Waals surface area contributed by atoms with Crippen LogP contribution in [0.3, 0.4) is 0 Å². The van der Waals surface area contributed by atoms with E-state index in [1.54, 1.807) is 12.4 Å². The van der Waals surface area contributed by atoms with Gasteiger partial charge in [0, 0.05) is 42.7 Å². The Morgan fingerprint density at radius 3 is 2.91 bits per heavy atom. The smallest absolute Gasteiger partial charge is 0.274 e. The molecule has 166 valence electrons. The van der Waals surface area contributed by atoms with Crippen molar-refractivity contribution in [2.45, 2.75) is 39.0 Å². The zero-order valence-electron chi connectivity index (χ0n) is 18.0. The molecule has 0 spiro atoms. The maximum atomic E-state index is 12.7. The first-order valence-corrected chi connectivity index (χ1v) is 10.6. The molecule has 0 bridgehead atoms. The summed E-state index contributed by atoms with van der Waals surface area (Å²) in [6, 6.07) is 3.35. The molecular formula is C22H26N8O2. The predicted molar refractivity (Wildman–Crippen MR) is 119 cm³/mol. The highest BCUT2D eigenvalue weighted by Gasteiger charge is 2.32. The van der Waals surface area contributed by atoms with E-state index in [4.69, 9.17) is 5.73 Å². The van der Waals surface area contributed by atoms with E-state index in [1.807, 2.05) is 23.0 Å². The van der Waals surface area contributed by atoms with E-state index in [-0.39, 0.29) is 16.9 Å². The van der Waals surface area contributed by atoms with Crippen molar-refractivity contribution in [3.8, 4) is 22.5 Å². The molecule has 2 unspecified atom stereocenters. The molecular weight excluding hydrogens is 408 g/mol. The lowest BCUT2D eigenvalue weighted by Crippen LogP contribution is -2.43. The van der Waals surface area contributed by atoms with Crippen molar-refractivity contribution in [1.82, 2.24) is 35.4 Å². The second-order valence-electron chi connectivity index (χ2n) is 9.23. The Labute approximate surface area is 185 Å². The zero-order chi connectivity index (χ0) is 22.5. The third-order valence-corrected chi connectivity index (χ3v) is 6.02. The SMILES string of the molecule is CC1(C)Cc2c(-c3cc(-c4cnc(N)c(C(=O)NC5CNCC5O)n4)ccn3)cnn2C1. The van der Waals surface area contributed by atoms with Gasteiger partial charge in [-0.3, -0.25) is 14.5 Å². The van der Waals surface area contributed by atoms with E-state index in [9.17, 15) is 9.90 Å². The minimum atomic E-state index is -0.651. The number of aromatic nitrogens is 5. The van der Waals surface area contributed by atoms with Crippen LogP contribution in [0.5, 0.6) is 0 Å². The first-order chi connectivity index (χ1) is 15.3. The fourth-order valence-electron chi connectivity index (χ4n) is 4.35. The van der Waals surface area contributed by atoms with Crippen LogP contribution in [-0.4, -0.2) is 61.0 Å². The van der Waals surface area contributed by atoms with Crippen LogP contribution in [0.4, 0.5) is 5.82 Å². The van der Waals surface area contributed by atoms with Gasteiger partial charge in [-0.15, -0.1) is 0 Å². The molecule has 5 heterocycles. The van der Waals surface area contributed by atoms with Crippen molar-refractivity contribution in [3.63, 3.8) is 0 Å². The number of aliphatic hydroxyl groups is 1. The molecule has 0 aliphatic carbocycles. The molecule has 0 aromatic carbocycles. The molecule has 0 radical (unpaired) electrons. The van der Waals surface area contributed by atoms with Crippen LogP contribution >= 0.6 is 0 Å². The number of amides is 1. The number of β-amino-alcohol motifs (C(OH)–C–C–N with tert-alkyl or cyclic N) is 1. The quantitative estimate of drug-likeness (QED) is 0.468. The lowest BCUT2D eigenvalue weighted by atomic mass is 9.90. The van der Waals surface area contributed by atoms with E-state index in [2.05, 4.69) is 44.5 Å². The lowest BCUT2D eigenvalue weighted by molar-refractivity contribution is 0.0884. The van der Waals surface area contributed by atoms with E-state index < -0.39 is 18.1 Å². The molecule has 3 aromatic heterocycles. The largest absolute Gasteiger partial charge is 0.390 e. The highest BCUT2D eigenvalue weighted by molar-refractivity contribution is 5.97. The number of nitrogen functional groups attached to an aromatic ring is 1. The van der Waals surface area contributed by atoms with Gasteiger partial charge in [-0.25, -0.2) is 9.97 Å². The van der Waals surface area contributed by atoms with E-state index in [0.717, 1.165) is 29.8 Å².